The summed E-state index contributed by atoms with van der Waals surface area (Å²) in [6.07, 6.45) is 0.394. The van der Waals surface area contributed by atoms with Crippen LogP contribution in [0, 0.1) is 0 Å². The van der Waals surface area contributed by atoms with Gasteiger partial charge in [-0.3, -0.25) is 9.69 Å². The third-order valence-corrected chi connectivity index (χ3v) is 2.61. The number of carbonyl (C=O) groups is 1. The SMILES string of the molecule is CCN(CC)CC(=O)Cc1cccc(O)c1. The number of Topliss-reactive ketones (excluding diaryl/α,β-unsaturated/α-hetero) is 1. The fourth-order valence-electron chi connectivity index (χ4n) is 1.65. The zero-order valence-corrected chi connectivity index (χ0v) is 9.94. The van der Waals surface area contributed by atoms with Crippen LogP contribution in [-0.4, -0.2) is 35.4 Å². The van der Waals surface area contributed by atoms with E-state index in [1.54, 1.807) is 18.2 Å². The van der Waals surface area contributed by atoms with E-state index in [0.717, 1.165) is 18.7 Å². The van der Waals surface area contributed by atoms with Crippen LogP contribution in [-0.2, 0) is 11.2 Å². The van der Waals surface area contributed by atoms with Gasteiger partial charge < -0.3 is 5.11 Å². The molecule has 3 heteroatoms. The smallest absolute Gasteiger partial charge is 0.151 e. The molecule has 0 saturated carbocycles. The fraction of sp³-hybridized carbons (Fsp3) is 0.462. The Labute approximate surface area is 96.7 Å². The number of carbonyl (C=O) groups excluding carboxylic acids is 1. The molecule has 16 heavy (non-hydrogen) atoms. The molecule has 1 aromatic carbocycles. The van der Waals surface area contributed by atoms with Crippen LogP contribution in [0.2, 0.25) is 0 Å². The molecule has 0 aliphatic heterocycles. The van der Waals surface area contributed by atoms with E-state index in [0.29, 0.717) is 13.0 Å². The number of aromatic hydroxyl groups is 1. The lowest BCUT2D eigenvalue weighted by Gasteiger charge is -2.16. The van der Waals surface area contributed by atoms with Crippen LogP contribution in [0.5, 0.6) is 5.75 Å². The number of rotatable bonds is 6. The second-order valence-corrected chi connectivity index (χ2v) is 3.85. The lowest BCUT2D eigenvalue weighted by molar-refractivity contribution is -0.119. The first kappa shape index (κ1) is 12.7. The number of hydrogen-bond donors (Lipinski definition) is 1. The molecule has 0 unspecified atom stereocenters. The van der Waals surface area contributed by atoms with Crippen molar-refractivity contribution in [2.24, 2.45) is 0 Å². The molecule has 1 aromatic rings. The number of hydrogen-bond acceptors (Lipinski definition) is 3. The average Bonchev–Trinajstić information content (AvgIpc) is 2.26. The third-order valence-electron chi connectivity index (χ3n) is 2.61. The highest BCUT2D eigenvalue weighted by molar-refractivity contribution is 5.82. The van der Waals surface area contributed by atoms with Crippen molar-refractivity contribution in [2.45, 2.75) is 20.3 Å². The third kappa shape index (κ3) is 4.03. The van der Waals surface area contributed by atoms with Gasteiger partial charge in [0.1, 0.15) is 5.75 Å². The molecule has 0 radical (unpaired) electrons. The molecule has 0 saturated heterocycles. The standard InChI is InChI=1S/C13H19NO2/c1-3-14(4-2)10-13(16)9-11-6-5-7-12(15)8-11/h5-8,15H,3-4,9-10H2,1-2H3. The Hall–Kier alpha value is -1.35. The molecule has 88 valence electrons. The summed E-state index contributed by atoms with van der Waals surface area (Å²) in [5.74, 6) is 0.405. The van der Waals surface area contributed by atoms with Gasteiger partial charge in [0.15, 0.2) is 5.78 Å². The van der Waals surface area contributed by atoms with E-state index < -0.39 is 0 Å². The highest BCUT2D eigenvalue weighted by Crippen LogP contribution is 2.11. The first-order valence-electron chi connectivity index (χ1n) is 5.67. The maximum atomic E-state index is 11.7. The predicted octanol–water partition coefficient (Wildman–Crippen LogP) is 1.85. The molecule has 0 aliphatic rings. The monoisotopic (exact) mass is 221 g/mol. The van der Waals surface area contributed by atoms with Crippen molar-refractivity contribution in [3.8, 4) is 5.75 Å². The zero-order chi connectivity index (χ0) is 12.0. The van der Waals surface area contributed by atoms with Gasteiger partial charge in [0.25, 0.3) is 0 Å². The number of phenols is 1. The lowest BCUT2D eigenvalue weighted by atomic mass is 10.1. The van der Waals surface area contributed by atoms with E-state index in [1.807, 2.05) is 19.9 Å². The van der Waals surface area contributed by atoms with Gasteiger partial charge in [0.2, 0.25) is 0 Å². The zero-order valence-electron chi connectivity index (χ0n) is 9.94. The van der Waals surface area contributed by atoms with Gasteiger partial charge in [0.05, 0.1) is 6.54 Å². The van der Waals surface area contributed by atoms with Gasteiger partial charge >= 0.3 is 0 Å². The lowest BCUT2D eigenvalue weighted by Crippen LogP contribution is -2.30. The highest BCUT2D eigenvalue weighted by atomic mass is 16.3. The Balaban J connectivity index is 2.51. The Morgan fingerprint density at radius 3 is 2.56 bits per heavy atom. The summed E-state index contributed by atoms with van der Waals surface area (Å²) in [5, 5.41) is 9.28. The molecule has 0 bridgehead atoms. The maximum Gasteiger partial charge on any atom is 0.151 e. The van der Waals surface area contributed by atoms with E-state index in [4.69, 9.17) is 0 Å². The Morgan fingerprint density at radius 1 is 1.31 bits per heavy atom. The van der Waals surface area contributed by atoms with Crippen LogP contribution in [0.4, 0.5) is 0 Å². The minimum atomic E-state index is 0.189. The van der Waals surface area contributed by atoms with Crippen molar-refractivity contribution in [1.29, 1.82) is 0 Å². The largest absolute Gasteiger partial charge is 0.508 e. The molecule has 0 aliphatic carbocycles. The van der Waals surface area contributed by atoms with Gasteiger partial charge in [-0.25, -0.2) is 0 Å². The molecule has 0 fully saturated rings. The van der Waals surface area contributed by atoms with E-state index in [1.165, 1.54) is 0 Å². The molecule has 0 atom stereocenters. The average molecular weight is 221 g/mol. The van der Waals surface area contributed by atoms with Crippen molar-refractivity contribution in [2.75, 3.05) is 19.6 Å². The van der Waals surface area contributed by atoms with Crippen LogP contribution in [0.15, 0.2) is 24.3 Å². The van der Waals surface area contributed by atoms with Crippen LogP contribution in [0.3, 0.4) is 0 Å². The van der Waals surface area contributed by atoms with E-state index in [2.05, 4.69) is 4.90 Å². The number of ketones is 1. The minimum absolute atomic E-state index is 0.189. The number of benzene rings is 1. The van der Waals surface area contributed by atoms with E-state index in [-0.39, 0.29) is 11.5 Å². The first-order chi connectivity index (χ1) is 7.65. The summed E-state index contributed by atoms with van der Waals surface area (Å²) in [4.78, 5) is 13.8. The first-order valence-corrected chi connectivity index (χ1v) is 5.67. The second-order valence-electron chi connectivity index (χ2n) is 3.85. The topological polar surface area (TPSA) is 40.5 Å². The molecule has 1 rings (SSSR count). The normalized spacial score (nSPS) is 10.7. The van der Waals surface area contributed by atoms with Gasteiger partial charge in [0, 0.05) is 6.42 Å². The Morgan fingerprint density at radius 2 is 2.00 bits per heavy atom. The van der Waals surface area contributed by atoms with Crippen molar-refractivity contribution >= 4 is 5.78 Å². The summed E-state index contributed by atoms with van der Waals surface area (Å²) in [7, 11) is 0. The van der Waals surface area contributed by atoms with Gasteiger partial charge in [-0.05, 0) is 30.8 Å². The molecule has 1 N–H and O–H groups in total. The molecule has 0 amide bonds. The minimum Gasteiger partial charge on any atom is -0.508 e. The van der Waals surface area contributed by atoms with Gasteiger partial charge in [-0.15, -0.1) is 0 Å². The van der Waals surface area contributed by atoms with Gasteiger partial charge in [-0.1, -0.05) is 26.0 Å². The number of likely N-dealkylation sites (N-methyl/N-ethyl adjacent to an activating group) is 1. The van der Waals surface area contributed by atoms with E-state index in [9.17, 15) is 9.90 Å². The van der Waals surface area contributed by atoms with Crippen molar-refractivity contribution in [1.82, 2.24) is 4.90 Å². The Kier molecular flexibility index (Phi) is 4.99. The fourth-order valence-corrected chi connectivity index (χ4v) is 1.65. The second kappa shape index (κ2) is 6.28. The number of phenolic OH excluding ortho intramolecular Hbond substituents is 1. The summed E-state index contributed by atoms with van der Waals surface area (Å²) >= 11 is 0. The quantitative estimate of drug-likeness (QED) is 0.797. The molecular weight excluding hydrogens is 202 g/mol. The van der Waals surface area contributed by atoms with Crippen molar-refractivity contribution in [3.05, 3.63) is 29.8 Å². The summed E-state index contributed by atoms with van der Waals surface area (Å²) in [6.45, 7) is 6.36. The summed E-state index contributed by atoms with van der Waals surface area (Å²) in [6, 6.07) is 6.87. The van der Waals surface area contributed by atoms with Gasteiger partial charge in [-0.2, -0.15) is 0 Å². The maximum absolute atomic E-state index is 11.7. The van der Waals surface area contributed by atoms with Crippen LogP contribution < -0.4 is 0 Å². The molecule has 0 heterocycles. The van der Waals surface area contributed by atoms with Crippen LogP contribution >= 0.6 is 0 Å². The predicted molar refractivity (Wildman–Crippen MR) is 64.6 cm³/mol. The van der Waals surface area contributed by atoms with E-state index >= 15 is 0 Å². The molecule has 0 aromatic heterocycles. The highest BCUT2D eigenvalue weighted by Gasteiger charge is 2.08. The van der Waals surface area contributed by atoms with Crippen molar-refractivity contribution < 1.29 is 9.90 Å². The summed E-state index contributed by atoms with van der Waals surface area (Å²) < 4.78 is 0. The Bertz CT molecular complexity index is 346. The molecular formula is C13H19NO2. The van der Waals surface area contributed by atoms with Crippen molar-refractivity contribution in [3.63, 3.8) is 0 Å². The number of nitrogens with zero attached hydrogens (tertiary/aromatic N) is 1. The molecule has 0 spiro atoms. The van der Waals surface area contributed by atoms with Crippen LogP contribution in [0.1, 0.15) is 19.4 Å². The summed E-state index contributed by atoms with van der Waals surface area (Å²) in [5.41, 5.74) is 0.872. The molecule has 3 nitrogen and oxygen atoms in total. The van der Waals surface area contributed by atoms with Crippen LogP contribution in [0.25, 0.3) is 0 Å².